The molecule has 0 spiro atoms. The minimum Gasteiger partial charge on any atom is -0.384 e. The van der Waals surface area contributed by atoms with Crippen LogP contribution in [0, 0.1) is 0 Å². The summed E-state index contributed by atoms with van der Waals surface area (Å²) in [5, 5.41) is 3.38. The number of nitrogens with zero attached hydrogens (tertiary/aromatic N) is 2. The highest BCUT2D eigenvalue weighted by atomic mass is 15.2. The molecule has 0 amide bonds. The van der Waals surface area contributed by atoms with Gasteiger partial charge in [-0.15, -0.1) is 0 Å². The predicted molar refractivity (Wildman–Crippen MR) is 61.4 cm³/mol. The molecule has 1 aliphatic heterocycles. The molecule has 0 aromatic carbocycles. The molecule has 15 heavy (non-hydrogen) atoms. The lowest BCUT2D eigenvalue weighted by Crippen LogP contribution is -2.49. The van der Waals surface area contributed by atoms with Gasteiger partial charge in [0.2, 0.25) is 0 Å². The van der Waals surface area contributed by atoms with E-state index in [1.807, 2.05) is 12.3 Å². The number of hydrogen-bond donors (Lipinski definition) is 2. The van der Waals surface area contributed by atoms with E-state index in [0.717, 1.165) is 26.2 Å². The Balaban J connectivity index is 1.98. The van der Waals surface area contributed by atoms with Gasteiger partial charge < -0.3 is 11.1 Å². The van der Waals surface area contributed by atoms with E-state index in [2.05, 4.69) is 28.2 Å². The molecule has 1 aromatic rings. The molecule has 2 heterocycles. The molecule has 82 valence electrons. The summed E-state index contributed by atoms with van der Waals surface area (Å²) in [4.78, 5) is 6.57. The van der Waals surface area contributed by atoms with Crippen molar-refractivity contribution < 1.29 is 0 Å². The van der Waals surface area contributed by atoms with Crippen LogP contribution in [0.3, 0.4) is 0 Å². The van der Waals surface area contributed by atoms with Crippen LogP contribution in [0.15, 0.2) is 18.3 Å². The Morgan fingerprint density at radius 1 is 1.60 bits per heavy atom. The zero-order chi connectivity index (χ0) is 10.7. The average Bonchev–Trinajstić information content (AvgIpc) is 2.25. The Bertz CT molecular complexity index is 309. The van der Waals surface area contributed by atoms with Crippen molar-refractivity contribution in [1.82, 2.24) is 15.2 Å². The lowest BCUT2D eigenvalue weighted by molar-refractivity contribution is 0.165. The van der Waals surface area contributed by atoms with Gasteiger partial charge in [0, 0.05) is 38.4 Å². The highest BCUT2D eigenvalue weighted by Gasteiger charge is 2.17. The number of aromatic nitrogens is 1. The third-order valence-corrected chi connectivity index (χ3v) is 2.87. The molecule has 2 rings (SSSR count). The molecule has 4 heteroatoms. The summed E-state index contributed by atoms with van der Waals surface area (Å²) in [5.74, 6) is 0.590. The molecular formula is C11H18N4. The van der Waals surface area contributed by atoms with Gasteiger partial charge >= 0.3 is 0 Å². The second kappa shape index (κ2) is 4.59. The van der Waals surface area contributed by atoms with Gasteiger partial charge in [0.05, 0.1) is 0 Å². The number of nitrogen functional groups attached to an aromatic ring is 1. The standard InChI is InChI=1S/C11H18N4/c1-9-6-13-4-5-15(9)8-10-2-3-11(12)14-7-10/h2-3,7,9,13H,4-6,8H2,1H3,(H2,12,14). The van der Waals surface area contributed by atoms with Crippen molar-refractivity contribution in [2.45, 2.75) is 19.5 Å². The smallest absolute Gasteiger partial charge is 0.123 e. The fourth-order valence-electron chi connectivity index (χ4n) is 1.88. The van der Waals surface area contributed by atoms with Crippen molar-refractivity contribution in [2.24, 2.45) is 0 Å². The first-order valence-corrected chi connectivity index (χ1v) is 5.41. The van der Waals surface area contributed by atoms with Gasteiger partial charge in [0.15, 0.2) is 0 Å². The predicted octanol–water partition coefficient (Wildman–Crippen LogP) is 0.457. The Morgan fingerprint density at radius 2 is 2.47 bits per heavy atom. The van der Waals surface area contributed by atoms with Crippen LogP contribution >= 0.6 is 0 Å². The maximum absolute atomic E-state index is 5.55. The number of nitrogens with two attached hydrogens (primary N) is 1. The summed E-state index contributed by atoms with van der Waals surface area (Å²) < 4.78 is 0. The number of hydrogen-bond acceptors (Lipinski definition) is 4. The van der Waals surface area contributed by atoms with Gasteiger partial charge in [-0.05, 0) is 18.6 Å². The molecule has 0 bridgehead atoms. The summed E-state index contributed by atoms with van der Waals surface area (Å²) in [6.45, 7) is 6.47. The van der Waals surface area contributed by atoms with Gasteiger partial charge in [0.1, 0.15) is 5.82 Å². The normalized spacial score (nSPS) is 22.9. The molecule has 3 N–H and O–H groups in total. The molecule has 0 aliphatic carbocycles. The van der Waals surface area contributed by atoms with Gasteiger partial charge in [-0.25, -0.2) is 4.98 Å². The van der Waals surface area contributed by atoms with Gasteiger partial charge in [-0.2, -0.15) is 0 Å². The van der Waals surface area contributed by atoms with E-state index in [1.165, 1.54) is 5.56 Å². The van der Waals surface area contributed by atoms with E-state index in [-0.39, 0.29) is 0 Å². The van der Waals surface area contributed by atoms with Gasteiger partial charge in [-0.3, -0.25) is 4.90 Å². The van der Waals surface area contributed by atoms with E-state index in [0.29, 0.717) is 11.9 Å². The Morgan fingerprint density at radius 3 is 3.13 bits per heavy atom. The van der Waals surface area contributed by atoms with Crippen molar-refractivity contribution >= 4 is 5.82 Å². The van der Waals surface area contributed by atoms with Crippen LogP contribution in [0.4, 0.5) is 5.82 Å². The molecule has 1 aromatic heterocycles. The maximum Gasteiger partial charge on any atom is 0.123 e. The third-order valence-electron chi connectivity index (χ3n) is 2.87. The highest BCUT2D eigenvalue weighted by molar-refractivity contribution is 5.29. The first-order chi connectivity index (χ1) is 7.25. The maximum atomic E-state index is 5.55. The van der Waals surface area contributed by atoms with Crippen LogP contribution in [0.5, 0.6) is 0 Å². The third kappa shape index (κ3) is 2.67. The molecule has 4 nitrogen and oxygen atoms in total. The zero-order valence-corrected chi connectivity index (χ0v) is 9.11. The fraction of sp³-hybridized carbons (Fsp3) is 0.545. The zero-order valence-electron chi connectivity index (χ0n) is 9.11. The van der Waals surface area contributed by atoms with E-state index in [4.69, 9.17) is 5.73 Å². The largest absolute Gasteiger partial charge is 0.384 e. The summed E-state index contributed by atoms with van der Waals surface area (Å²) in [7, 11) is 0. The Kier molecular flexibility index (Phi) is 3.18. The monoisotopic (exact) mass is 206 g/mol. The summed E-state index contributed by atoms with van der Waals surface area (Å²) in [6.07, 6.45) is 1.87. The molecule has 1 aliphatic rings. The number of pyridine rings is 1. The lowest BCUT2D eigenvalue weighted by Gasteiger charge is -2.33. The molecule has 1 fully saturated rings. The first kappa shape index (κ1) is 10.4. The van der Waals surface area contributed by atoms with E-state index in [1.54, 1.807) is 0 Å². The lowest BCUT2D eigenvalue weighted by atomic mass is 10.2. The Hall–Kier alpha value is -1.13. The first-order valence-electron chi connectivity index (χ1n) is 5.41. The van der Waals surface area contributed by atoms with Crippen LogP contribution in [-0.4, -0.2) is 35.6 Å². The number of anilines is 1. The van der Waals surface area contributed by atoms with E-state index in [9.17, 15) is 0 Å². The van der Waals surface area contributed by atoms with E-state index < -0.39 is 0 Å². The van der Waals surface area contributed by atoms with Gasteiger partial charge in [0.25, 0.3) is 0 Å². The van der Waals surface area contributed by atoms with Crippen molar-refractivity contribution in [3.63, 3.8) is 0 Å². The highest BCUT2D eigenvalue weighted by Crippen LogP contribution is 2.09. The van der Waals surface area contributed by atoms with Gasteiger partial charge in [-0.1, -0.05) is 6.07 Å². The second-order valence-electron chi connectivity index (χ2n) is 4.11. The second-order valence-corrected chi connectivity index (χ2v) is 4.11. The Labute approximate surface area is 90.5 Å². The average molecular weight is 206 g/mol. The van der Waals surface area contributed by atoms with Crippen LogP contribution in [0.1, 0.15) is 12.5 Å². The topological polar surface area (TPSA) is 54.2 Å². The van der Waals surface area contributed by atoms with Crippen LogP contribution < -0.4 is 11.1 Å². The molecule has 1 atom stereocenters. The minimum absolute atomic E-state index is 0.590. The van der Waals surface area contributed by atoms with Crippen molar-refractivity contribution in [1.29, 1.82) is 0 Å². The SMILES string of the molecule is CC1CNCCN1Cc1ccc(N)nc1. The molecule has 0 saturated carbocycles. The van der Waals surface area contributed by atoms with Crippen LogP contribution in [0.2, 0.25) is 0 Å². The number of nitrogens with one attached hydrogen (secondary N) is 1. The summed E-state index contributed by atoms with van der Waals surface area (Å²) in [6, 6.07) is 4.51. The van der Waals surface area contributed by atoms with Crippen molar-refractivity contribution in [3.8, 4) is 0 Å². The van der Waals surface area contributed by atoms with Crippen molar-refractivity contribution in [3.05, 3.63) is 23.9 Å². The molecule has 0 radical (unpaired) electrons. The number of piperazine rings is 1. The number of rotatable bonds is 2. The van der Waals surface area contributed by atoms with E-state index >= 15 is 0 Å². The molecule has 1 unspecified atom stereocenters. The van der Waals surface area contributed by atoms with Crippen LogP contribution in [0.25, 0.3) is 0 Å². The molecule has 1 saturated heterocycles. The van der Waals surface area contributed by atoms with Crippen molar-refractivity contribution in [2.75, 3.05) is 25.4 Å². The fourth-order valence-corrected chi connectivity index (χ4v) is 1.88. The minimum atomic E-state index is 0.590. The summed E-state index contributed by atoms with van der Waals surface area (Å²) in [5.41, 5.74) is 6.79. The quantitative estimate of drug-likeness (QED) is 0.738. The molecular weight excluding hydrogens is 188 g/mol. The van der Waals surface area contributed by atoms with Crippen LogP contribution in [-0.2, 0) is 6.54 Å². The summed E-state index contributed by atoms with van der Waals surface area (Å²) >= 11 is 0.